The first-order chi connectivity index (χ1) is 7.61. The van der Waals surface area contributed by atoms with Crippen molar-refractivity contribution in [1.29, 1.82) is 5.26 Å². The summed E-state index contributed by atoms with van der Waals surface area (Å²) in [6.45, 7) is 0. The number of nitrogens with zero attached hydrogens (tertiary/aromatic N) is 3. The minimum absolute atomic E-state index is 0.0805. The molecular weight excluding hydrogens is 216 g/mol. The molecule has 1 aliphatic heterocycles. The molecule has 8 heteroatoms. The van der Waals surface area contributed by atoms with Crippen LogP contribution in [-0.4, -0.2) is 32.1 Å². The summed E-state index contributed by atoms with van der Waals surface area (Å²) in [6.07, 6.45) is -1.76. The van der Waals surface area contributed by atoms with Crippen molar-refractivity contribution in [3.63, 3.8) is 0 Å². The van der Waals surface area contributed by atoms with Crippen LogP contribution < -0.4 is 11.2 Å². The van der Waals surface area contributed by atoms with E-state index in [4.69, 9.17) is 10.00 Å². The Hall–Kier alpha value is -1.98. The van der Waals surface area contributed by atoms with Crippen LogP contribution in [0.1, 0.15) is 12.6 Å². The number of aliphatic hydroxyl groups excluding tert-OH is 1. The lowest BCUT2D eigenvalue weighted by molar-refractivity contribution is 0.00107. The largest absolute Gasteiger partial charge is 0.389 e. The van der Waals surface area contributed by atoms with Gasteiger partial charge in [0.05, 0.1) is 12.2 Å². The molecule has 0 amide bonds. The zero-order chi connectivity index (χ0) is 11.7. The summed E-state index contributed by atoms with van der Waals surface area (Å²) in [6, 6.07) is 1.76. The summed E-state index contributed by atoms with van der Waals surface area (Å²) in [5, 5.41) is 21.6. The van der Waals surface area contributed by atoms with E-state index in [0.717, 1.165) is 10.9 Å². The minimum atomic E-state index is -0.981. The SMILES string of the molecule is N#C[C@H]1O[C@@H](n2ncc(=O)[nH]c2=O)C[C@@H]1O. The standard InChI is InChI=1S/C8H8N4O4/c9-2-5-4(13)1-7(16-5)12-8(15)11-6(14)3-10-12/h3-5,7,13H,1H2,(H,11,14,15)/t4-,5+,7+/m0/s1. The van der Waals surface area contributed by atoms with Gasteiger partial charge >= 0.3 is 5.69 Å². The quantitative estimate of drug-likeness (QED) is 0.574. The Kier molecular flexibility index (Phi) is 2.55. The van der Waals surface area contributed by atoms with Gasteiger partial charge in [-0.1, -0.05) is 0 Å². The molecule has 1 aromatic rings. The van der Waals surface area contributed by atoms with Crippen molar-refractivity contribution in [2.24, 2.45) is 0 Å². The van der Waals surface area contributed by atoms with E-state index in [9.17, 15) is 14.7 Å². The summed E-state index contributed by atoms with van der Waals surface area (Å²) < 4.78 is 5.99. The Bertz CT molecular complexity index is 542. The number of H-pyrrole nitrogens is 1. The smallest absolute Gasteiger partial charge is 0.347 e. The van der Waals surface area contributed by atoms with Crippen molar-refractivity contribution in [3.8, 4) is 6.07 Å². The highest BCUT2D eigenvalue weighted by atomic mass is 16.5. The second-order valence-electron chi connectivity index (χ2n) is 3.33. The van der Waals surface area contributed by atoms with Gasteiger partial charge in [-0.05, 0) is 0 Å². The average Bonchev–Trinajstić information content (AvgIpc) is 2.59. The summed E-state index contributed by atoms with van der Waals surface area (Å²) in [5.41, 5.74) is -1.35. The van der Waals surface area contributed by atoms with Crippen LogP contribution in [0, 0.1) is 11.3 Å². The summed E-state index contributed by atoms with van der Waals surface area (Å²) in [4.78, 5) is 24.1. The van der Waals surface area contributed by atoms with E-state index in [2.05, 4.69) is 5.10 Å². The van der Waals surface area contributed by atoms with Gasteiger partial charge in [0.25, 0.3) is 5.56 Å². The van der Waals surface area contributed by atoms with Crippen LogP contribution in [0.4, 0.5) is 0 Å². The molecule has 0 saturated carbocycles. The fourth-order valence-electron chi connectivity index (χ4n) is 1.49. The number of hydrogen-bond donors (Lipinski definition) is 2. The number of rotatable bonds is 1. The summed E-state index contributed by atoms with van der Waals surface area (Å²) in [7, 11) is 0. The van der Waals surface area contributed by atoms with E-state index < -0.39 is 29.7 Å². The molecule has 1 aromatic heterocycles. The molecule has 2 rings (SSSR count). The predicted octanol–water partition coefficient (Wildman–Crippen LogP) is -1.90. The Morgan fingerprint density at radius 3 is 3.00 bits per heavy atom. The highest BCUT2D eigenvalue weighted by molar-refractivity contribution is 4.95. The second-order valence-corrected chi connectivity index (χ2v) is 3.33. The Labute approximate surface area is 88.7 Å². The molecule has 0 bridgehead atoms. The number of aromatic amines is 1. The molecule has 84 valence electrons. The summed E-state index contributed by atoms with van der Waals surface area (Å²) >= 11 is 0. The van der Waals surface area contributed by atoms with Gasteiger partial charge in [-0.3, -0.25) is 9.78 Å². The molecule has 0 aliphatic carbocycles. The van der Waals surface area contributed by atoms with Crippen LogP contribution in [0.2, 0.25) is 0 Å². The highest BCUT2D eigenvalue weighted by Crippen LogP contribution is 2.26. The van der Waals surface area contributed by atoms with Crippen LogP contribution in [0.15, 0.2) is 15.8 Å². The molecule has 1 fully saturated rings. The second kappa shape index (κ2) is 3.88. The lowest BCUT2D eigenvalue weighted by Gasteiger charge is -2.09. The number of hydrogen-bond acceptors (Lipinski definition) is 6. The minimum Gasteiger partial charge on any atom is -0.389 e. The zero-order valence-electron chi connectivity index (χ0n) is 8.03. The molecule has 0 radical (unpaired) electrons. The van der Waals surface area contributed by atoms with Gasteiger partial charge in [0.1, 0.15) is 6.20 Å². The molecule has 0 unspecified atom stereocenters. The van der Waals surface area contributed by atoms with E-state index in [1.807, 2.05) is 4.98 Å². The van der Waals surface area contributed by atoms with Gasteiger partial charge in [-0.2, -0.15) is 15.0 Å². The van der Waals surface area contributed by atoms with Crippen LogP contribution in [0.3, 0.4) is 0 Å². The van der Waals surface area contributed by atoms with Gasteiger partial charge < -0.3 is 9.84 Å². The maximum atomic E-state index is 11.3. The Morgan fingerprint density at radius 1 is 1.69 bits per heavy atom. The monoisotopic (exact) mass is 224 g/mol. The van der Waals surface area contributed by atoms with Gasteiger partial charge in [0.15, 0.2) is 12.3 Å². The van der Waals surface area contributed by atoms with Crippen molar-refractivity contribution in [2.45, 2.75) is 24.9 Å². The van der Waals surface area contributed by atoms with Crippen molar-refractivity contribution in [2.75, 3.05) is 0 Å². The maximum Gasteiger partial charge on any atom is 0.347 e. The first kappa shape index (κ1) is 10.5. The fourth-order valence-corrected chi connectivity index (χ4v) is 1.49. The van der Waals surface area contributed by atoms with E-state index >= 15 is 0 Å². The first-order valence-electron chi connectivity index (χ1n) is 4.53. The van der Waals surface area contributed by atoms with Crippen LogP contribution in [0.25, 0.3) is 0 Å². The molecule has 0 spiro atoms. The third kappa shape index (κ3) is 1.73. The van der Waals surface area contributed by atoms with Crippen molar-refractivity contribution >= 4 is 0 Å². The van der Waals surface area contributed by atoms with Gasteiger partial charge in [-0.15, -0.1) is 0 Å². The molecular formula is C8H8N4O4. The maximum absolute atomic E-state index is 11.3. The van der Waals surface area contributed by atoms with Gasteiger partial charge in [0, 0.05) is 6.42 Å². The number of nitrogens with one attached hydrogen (secondary N) is 1. The van der Waals surface area contributed by atoms with Crippen LogP contribution in [-0.2, 0) is 4.74 Å². The highest BCUT2D eigenvalue weighted by Gasteiger charge is 2.36. The number of aliphatic hydroxyl groups is 1. The lowest BCUT2D eigenvalue weighted by Crippen LogP contribution is -2.34. The van der Waals surface area contributed by atoms with Gasteiger partial charge in [-0.25, -0.2) is 4.79 Å². The molecule has 16 heavy (non-hydrogen) atoms. The predicted molar refractivity (Wildman–Crippen MR) is 49.3 cm³/mol. The molecule has 2 N–H and O–H groups in total. The van der Waals surface area contributed by atoms with Crippen LogP contribution in [0.5, 0.6) is 0 Å². The molecule has 2 heterocycles. The molecule has 1 aliphatic rings. The fraction of sp³-hybridized carbons (Fsp3) is 0.500. The van der Waals surface area contributed by atoms with Crippen molar-refractivity contribution in [1.82, 2.24) is 14.8 Å². The lowest BCUT2D eigenvalue weighted by atomic mass is 10.2. The van der Waals surface area contributed by atoms with Crippen molar-refractivity contribution < 1.29 is 9.84 Å². The summed E-state index contributed by atoms with van der Waals surface area (Å²) in [5.74, 6) is 0. The number of aromatic nitrogens is 3. The van der Waals surface area contributed by atoms with E-state index in [0.29, 0.717) is 0 Å². The van der Waals surface area contributed by atoms with E-state index in [-0.39, 0.29) is 6.42 Å². The molecule has 1 saturated heterocycles. The number of nitriles is 1. The van der Waals surface area contributed by atoms with E-state index in [1.54, 1.807) is 6.07 Å². The van der Waals surface area contributed by atoms with Crippen molar-refractivity contribution in [3.05, 3.63) is 27.0 Å². The third-order valence-electron chi connectivity index (χ3n) is 2.23. The zero-order valence-corrected chi connectivity index (χ0v) is 8.03. The molecule has 0 aromatic carbocycles. The topological polar surface area (TPSA) is 121 Å². The van der Waals surface area contributed by atoms with E-state index in [1.165, 1.54) is 0 Å². The average molecular weight is 224 g/mol. The molecule has 3 atom stereocenters. The molecule has 8 nitrogen and oxygen atoms in total. The number of ether oxygens (including phenoxy) is 1. The first-order valence-corrected chi connectivity index (χ1v) is 4.53. The Morgan fingerprint density at radius 2 is 2.44 bits per heavy atom. The third-order valence-corrected chi connectivity index (χ3v) is 2.23. The normalized spacial score (nSPS) is 28.9. The Balaban J connectivity index is 2.31. The van der Waals surface area contributed by atoms with Gasteiger partial charge in [0.2, 0.25) is 0 Å². The van der Waals surface area contributed by atoms with Crippen LogP contribution >= 0.6 is 0 Å².